The second kappa shape index (κ2) is 10.9. The summed E-state index contributed by atoms with van der Waals surface area (Å²) in [5, 5.41) is 0.0346. The van der Waals surface area contributed by atoms with Crippen LogP contribution in [0.2, 0.25) is 18.1 Å². The fourth-order valence-corrected chi connectivity index (χ4v) is 4.45. The second-order valence-electron chi connectivity index (χ2n) is 12.0. The molecule has 1 rings (SSSR count). The Morgan fingerprint density at radius 2 is 1.37 bits per heavy atom. The van der Waals surface area contributed by atoms with Crippen molar-refractivity contribution in [3.05, 3.63) is 29.8 Å². The van der Waals surface area contributed by atoms with E-state index in [-0.39, 0.29) is 11.5 Å². The van der Waals surface area contributed by atoms with Gasteiger partial charge in [0.05, 0.1) is 0 Å². The van der Waals surface area contributed by atoms with Gasteiger partial charge in [-0.3, -0.25) is 4.79 Å². The molecule has 9 nitrogen and oxygen atoms in total. The van der Waals surface area contributed by atoms with Crippen LogP contribution in [-0.2, 0) is 30.9 Å². The van der Waals surface area contributed by atoms with Crippen LogP contribution in [0.15, 0.2) is 24.3 Å². The number of carbonyl (C=O) groups is 2. The highest BCUT2D eigenvalue weighted by atomic mass is 32.2. The molecule has 0 aromatic heterocycles. The Kier molecular flexibility index (Phi) is 9.61. The molecule has 0 saturated heterocycles. The molecular formula is C24H42N2O7SSi. The predicted molar refractivity (Wildman–Crippen MR) is 139 cm³/mol. The van der Waals surface area contributed by atoms with Gasteiger partial charge >= 0.3 is 22.3 Å². The maximum absolute atomic E-state index is 12.8. The van der Waals surface area contributed by atoms with Crippen molar-refractivity contribution in [2.75, 3.05) is 0 Å². The largest absolute Gasteiger partial charge is 0.544 e. The molecule has 1 aromatic rings. The molecule has 0 fully saturated rings. The molecule has 0 unspecified atom stereocenters. The standard InChI is InChI=1S/C24H42N2O7SSi/c1-22(2,3)31-20(27)19(25-34(29,30)26-21(28)32-23(4,5)6)16-17-12-14-18(15-13-17)33-35(10,11)24(7,8)9/h12-15,19,25H,16H2,1-11H3,(H,26,28)/t19-/m0/s1. The lowest BCUT2D eigenvalue weighted by Crippen LogP contribution is -2.51. The molecule has 1 atom stereocenters. The zero-order valence-electron chi connectivity index (χ0n) is 22.9. The Hall–Kier alpha value is -2.11. The average molecular weight is 531 g/mol. The molecule has 0 aliphatic rings. The van der Waals surface area contributed by atoms with E-state index >= 15 is 0 Å². The van der Waals surface area contributed by atoms with E-state index in [9.17, 15) is 18.0 Å². The molecule has 0 bridgehead atoms. The van der Waals surface area contributed by atoms with E-state index in [1.165, 1.54) is 0 Å². The van der Waals surface area contributed by atoms with Gasteiger partial charge in [0.1, 0.15) is 23.0 Å². The lowest BCUT2D eigenvalue weighted by Gasteiger charge is -2.36. The predicted octanol–water partition coefficient (Wildman–Crippen LogP) is 4.68. The molecule has 1 amide bonds. The van der Waals surface area contributed by atoms with Gasteiger partial charge in [-0.1, -0.05) is 32.9 Å². The number of hydrogen-bond acceptors (Lipinski definition) is 7. The molecule has 0 aliphatic carbocycles. The third kappa shape index (κ3) is 11.4. The summed E-state index contributed by atoms with van der Waals surface area (Å²) in [6.07, 6.45) is -1.15. The number of amides is 1. The van der Waals surface area contributed by atoms with Gasteiger partial charge in [-0.25, -0.2) is 9.52 Å². The summed E-state index contributed by atoms with van der Waals surface area (Å²) in [6, 6.07) is 5.87. The molecule has 0 heterocycles. The molecule has 200 valence electrons. The van der Waals surface area contributed by atoms with Gasteiger partial charge in [0, 0.05) is 0 Å². The van der Waals surface area contributed by atoms with Crippen molar-refractivity contribution in [2.45, 2.75) is 104 Å². The number of esters is 1. The van der Waals surface area contributed by atoms with E-state index in [1.54, 1.807) is 70.5 Å². The molecule has 0 radical (unpaired) electrons. The first-order valence-electron chi connectivity index (χ1n) is 11.5. The molecule has 11 heteroatoms. The zero-order chi connectivity index (χ0) is 27.5. The van der Waals surface area contributed by atoms with Crippen molar-refractivity contribution >= 4 is 30.6 Å². The Morgan fingerprint density at radius 3 is 1.80 bits per heavy atom. The van der Waals surface area contributed by atoms with Crippen molar-refractivity contribution in [3.8, 4) is 5.75 Å². The third-order valence-corrected chi connectivity index (χ3v) is 10.5. The number of hydrogen-bond donors (Lipinski definition) is 2. The Balaban J connectivity index is 3.08. The van der Waals surface area contributed by atoms with Crippen LogP contribution in [0.3, 0.4) is 0 Å². The normalized spacial score (nSPS) is 14.1. The third-order valence-electron chi connectivity index (χ3n) is 5.15. The van der Waals surface area contributed by atoms with E-state index in [4.69, 9.17) is 13.9 Å². The van der Waals surface area contributed by atoms with Gasteiger partial charge in [0.15, 0.2) is 0 Å². The summed E-state index contributed by atoms with van der Waals surface area (Å²) in [7, 11) is -6.44. The monoisotopic (exact) mass is 530 g/mol. The van der Waals surface area contributed by atoms with Gasteiger partial charge in [-0.2, -0.15) is 13.1 Å². The summed E-state index contributed by atoms with van der Waals surface area (Å²) < 4.78 is 45.8. The van der Waals surface area contributed by atoms with Crippen molar-refractivity contribution < 1.29 is 31.9 Å². The summed E-state index contributed by atoms with van der Waals surface area (Å²) in [6.45, 7) is 20.6. The first-order valence-corrected chi connectivity index (χ1v) is 15.9. The fraction of sp³-hybridized carbons (Fsp3) is 0.667. The quantitative estimate of drug-likeness (QED) is 0.370. The molecule has 0 aliphatic heterocycles. The first-order chi connectivity index (χ1) is 15.5. The summed E-state index contributed by atoms with van der Waals surface area (Å²) in [5.74, 6) is -0.0602. The van der Waals surface area contributed by atoms with Gasteiger partial charge < -0.3 is 13.9 Å². The summed E-state index contributed by atoms with van der Waals surface area (Å²) in [4.78, 5) is 24.8. The van der Waals surface area contributed by atoms with Crippen molar-refractivity contribution in [1.82, 2.24) is 9.44 Å². The Bertz CT molecular complexity index is 987. The zero-order valence-corrected chi connectivity index (χ0v) is 24.7. The minimum atomic E-state index is -4.42. The topological polar surface area (TPSA) is 120 Å². The molecule has 0 spiro atoms. The van der Waals surface area contributed by atoms with Crippen LogP contribution in [-0.4, -0.2) is 46.0 Å². The van der Waals surface area contributed by atoms with Crippen molar-refractivity contribution in [1.29, 1.82) is 0 Å². The SMILES string of the molecule is CC(C)(C)OC(=O)NS(=O)(=O)N[C@@H](Cc1ccc(O[Si](C)(C)C(C)(C)C)cc1)C(=O)OC(C)(C)C. The molecule has 2 N–H and O–H groups in total. The van der Waals surface area contributed by atoms with E-state index in [2.05, 4.69) is 38.6 Å². The van der Waals surface area contributed by atoms with Crippen LogP contribution in [0, 0.1) is 0 Å². The fourth-order valence-electron chi connectivity index (χ4n) is 2.55. The highest BCUT2D eigenvalue weighted by Gasteiger charge is 2.39. The van der Waals surface area contributed by atoms with E-state index < -0.39 is 47.8 Å². The van der Waals surface area contributed by atoms with E-state index in [1.807, 2.05) is 0 Å². The minimum absolute atomic E-state index is 0.00448. The van der Waals surface area contributed by atoms with E-state index in [0.29, 0.717) is 11.3 Å². The van der Waals surface area contributed by atoms with Crippen molar-refractivity contribution in [3.63, 3.8) is 0 Å². The number of ether oxygens (including phenoxy) is 2. The summed E-state index contributed by atoms with van der Waals surface area (Å²) >= 11 is 0. The van der Waals surface area contributed by atoms with Gasteiger partial charge in [0.2, 0.25) is 8.32 Å². The number of nitrogens with one attached hydrogen (secondary N) is 2. The lowest BCUT2D eigenvalue weighted by molar-refractivity contribution is -0.156. The Morgan fingerprint density at radius 1 is 0.886 bits per heavy atom. The average Bonchev–Trinajstić information content (AvgIpc) is 2.57. The number of benzene rings is 1. The smallest absolute Gasteiger partial charge is 0.422 e. The van der Waals surface area contributed by atoms with E-state index in [0.717, 1.165) is 0 Å². The van der Waals surface area contributed by atoms with Gasteiger partial charge in [-0.05, 0) is 83.8 Å². The van der Waals surface area contributed by atoms with Crippen LogP contribution in [0.1, 0.15) is 67.9 Å². The molecule has 0 saturated carbocycles. The van der Waals surface area contributed by atoms with Crippen LogP contribution in [0.4, 0.5) is 4.79 Å². The minimum Gasteiger partial charge on any atom is -0.544 e. The number of carbonyl (C=O) groups excluding carboxylic acids is 2. The highest BCUT2D eigenvalue weighted by Crippen LogP contribution is 2.37. The van der Waals surface area contributed by atoms with Crippen molar-refractivity contribution in [2.24, 2.45) is 0 Å². The van der Waals surface area contributed by atoms with Crippen LogP contribution >= 0.6 is 0 Å². The Labute approximate surface area is 211 Å². The van der Waals surface area contributed by atoms with Crippen LogP contribution < -0.4 is 13.9 Å². The van der Waals surface area contributed by atoms with Crippen LogP contribution in [0.5, 0.6) is 5.75 Å². The maximum atomic E-state index is 12.8. The lowest BCUT2D eigenvalue weighted by atomic mass is 10.1. The van der Waals surface area contributed by atoms with Crippen LogP contribution in [0.25, 0.3) is 0 Å². The molecular weight excluding hydrogens is 488 g/mol. The number of rotatable bonds is 8. The van der Waals surface area contributed by atoms with Gasteiger partial charge in [-0.15, -0.1) is 0 Å². The highest BCUT2D eigenvalue weighted by molar-refractivity contribution is 7.88. The maximum Gasteiger partial charge on any atom is 0.422 e. The summed E-state index contributed by atoms with van der Waals surface area (Å²) in [5.41, 5.74) is -1.04. The second-order valence-corrected chi connectivity index (χ2v) is 18.2. The molecule has 35 heavy (non-hydrogen) atoms. The molecule has 1 aromatic carbocycles. The first kappa shape index (κ1) is 30.9. The van der Waals surface area contributed by atoms with Gasteiger partial charge in [0.25, 0.3) is 0 Å².